The fraction of sp³-hybridized carbons (Fsp3) is 0.632. The van der Waals surface area contributed by atoms with Crippen LogP contribution < -0.4 is 0 Å². The van der Waals surface area contributed by atoms with Crippen LogP contribution in [0, 0.1) is 0 Å². The summed E-state index contributed by atoms with van der Waals surface area (Å²) in [5.41, 5.74) is 0. The van der Waals surface area contributed by atoms with Gasteiger partial charge in [0, 0.05) is 19.2 Å². The molecule has 1 amide bonds. The molecule has 0 bridgehead atoms. The summed E-state index contributed by atoms with van der Waals surface area (Å²) in [4.78, 5) is 13.8. The Kier molecular flexibility index (Phi) is 10.5. The summed E-state index contributed by atoms with van der Waals surface area (Å²) in [5.74, 6) is 0.162. The van der Waals surface area contributed by atoms with Gasteiger partial charge in [-0.2, -0.15) is 0 Å². The molecule has 1 fully saturated rings. The first-order valence-electron chi connectivity index (χ1n) is 8.61. The van der Waals surface area contributed by atoms with Gasteiger partial charge in [-0.25, -0.2) is 0 Å². The van der Waals surface area contributed by atoms with E-state index in [1.54, 1.807) is 6.08 Å². The molecule has 0 unspecified atom stereocenters. The minimum absolute atomic E-state index is 0.162. The third-order valence-corrected chi connectivity index (χ3v) is 3.79. The lowest BCUT2D eigenvalue weighted by atomic mass is 10.1. The van der Waals surface area contributed by atoms with Gasteiger partial charge in [-0.15, -0.1) is 0 Å². The van der Waals surface area contributed by atoms with E-state index in [9.17, 15) is 4.79 Å². The van der Waals surface area contributed by atoms with E-state index in [2.05, 4.69) is 25.2 Å². The smallest absolute Gasteiger partial charge is 0.246 e. The average molecular weight is 289 g/mol. The number of likely N-dealkylation sites (tertiary alicyclic amines) is 1. The number of carbonyl (C=O) groups excluding carboxylic acids is 1. The zero-order valence-electron chi connectivity index (χ0n) is 13.6. The van der Waals surface area contributed by atoms with Crippen LogP contribution in [0.15, 0.2) is 36.5 Å². The highest BCUT2D eigenvalue weighted by molar-refractivity contribution is 5.87. The maximum absolute atomic E-state index is 11.9. The molecule has 0 radical (unpaired) electrons. The quantitative estimate of drug-likeness (QED) is 0.252. The molecular formula is C19H31NO. The number of piperidine rings is 1. The van der Waals surface area contributed by atoms with Crippen molar-refractivity contribution in [3.8, 4) is 0 Å². The largest absolute Gasteiger partial charge is 0.339 e. The molecule has 1 saturated heterocycles. The van der Waals surface area contributed by atoms with Gasteiger partial charge in [0.1, 0.15) is 0 Å². The maximum atomic E-state index is 11.9. The Bertz CT molecular complexity index is 349. The van der Waals surface area contributed by atoms with E-state index in [4.69, 9.17) is 0 Å². The van der Waals surface area contributed by atoms with Crippen molar-refractivity contribution in [1.29, 1.82) is 0 Å². The van der Waals surface area contributed by atoms with Crippen molar-refractivity contribution in [2.24, 2.45) is 0 Å². The number of unbranched alkanes of at least 4 members (excludes halogenated alkanes) is 4. The predicted molar refractivity (Wildman–Crippen MR) is 91.2 cm³/mol. The molecule has 1 aliphatic heterocycles. The molecule has 21 heavy (non-hydrogen) atoms. The van der Waals surface area contributed by atoms with Gasteiger partial charge < -0.3 is 4.90 Å². The first-order chi connectivity index (χ1) is 10.3. The second-order valence-corrected chi connectivity index (χ2v) is 5.72. The third-order valence-electron chi connectivity index (χ3n) is 3.79. The van der Waals surface area contributed by atoms with E-state index in [-0.39, 0.29) is 5.91 Å². The Morgan fingerprint density at radius 2 is 1.62 bits per heavy atom. The maximum Gasteiger partial charge on any atom is 0.246 e. The van der Waals surface area contributed by atoms with Crippen LogP contribution in [0.1, 0.15) is 64.7 Å². The van der Waals surface area contributed by atoms with Crippen LogP contribution in [0.3, 0.4) is 0 Å². The SMILES string of the molecule is CCCCCC=CCCC=CC=CC(=O)N1CCCCC1. The normalized spacial score (nSPS) is 16.5. The Hall–Kier alpha value is -1.31. The minimum Gasteiger partial charge on any atom is -0.339 e. The topological polar surface area (TPSA) is 20.3 Å². The van der Waals surface area contributed by atoms with E-state index < -0.39 is 0 Å². The molecule has 2 heteroatoms. The fourth-order valence-corrected chi connectivity index (χ4v) is 2.47. The Balaban J connectivity index is 2.05. The summed E-state index contributed by atoms with van der Waals surface area (Å²) in [6.07, 6.45) is 23.1. The monoisotopic (exact) mass is 289 g/mol. The number of hydrogen-bond acceptors (Lipinski definition) is 1. The molecule has 0 aromatic rings. The lowest BCUT2D eigenvalue weighted by Crippen LogP contribution is -2.34. The summed E-state index contributed by atoms with van der Waals surface area (Å²) in [5, 5.41) is 0. The second kappa shape index (κ2) is 12.4. The first kappa shape index (κ1) is 17.7. The number of hydrogen-bond donors (Lipinski definition) is 0. The van der Waals surface area contributed by atoms with Gasteiger partial charge >= 0.3 is 0 Å². The fourth-order valence-electron chi connectivity index (χ4n) is 2.47. The van der Waals surface area contributed by atoms with E-state index in [1.165, 1.54) is 32.1 Å². The highest BCUT2D eigenvalue weighted by Gasteiger charge is 2.12. The number of allylic oxidation sites excluding steroid dienone is 5. The van der Waals surface area contributed by atoms with E-state index in [0.717, 1.165) is 38.8 Å². The predicted octanol–water partition coefficient (Wildman–Crippen LogP) is 5.03. The van der Waals surface area contributed by atoms with Crippen molar-refractivity contribution in [3.63, 3.8) is 0 Å². The number of nitrogens with zero attached hydrogens (tertiary/aromatic N) is 1. The highest BCUT2D eigenvalue weighted by atomic mass is 16.2. The molecule has 0 aliphatic carbocycles. The van der Waals surface area contributed by atoms with Crippen LogP contribution in [0.2, 0.25) is 0 Å². The van der Waals surface area contributed by atoms with Crippen LogP contribution in [-0.4, -0.2) is 23.9 Å². The van der Waals surface area contributed by atoms with Crippen molar-refractivity contribution in [1.82, 2.24) is 4.90 Å². The van der Waals surface area contributed by atoms with Gasteiger partial charge in [0.05, 0.1) is 0 Å². The Morgan fingerprint density at radius 3 is 2.38 bits per heavy atom. The summed E-state index contributed by atoms with van der Waals surface area (Å²) < 4.78 is 0. The number of rotatable bonds is 9. The van der Waals surface area contributed by atoms with Gasteiger partial charge in [-0.1, -0.05) is 50.1 Å². The van der Waals surface area contributed by atoms with Crippen molar-refractivity contribution in [2.45, 2.75) is 64.7 Å². The number of carbonyl (C=O) groups is 1. The van der Waals surface area contributed by atoms with Crippen molar-refractivity contribution in [3.05, 3.63) is 36.5 Å². The van der Waals surface area contributed by atoms with E-state index >= 15 is 0 Å². The van der Waals surface area contributed by atoms with Gasteiger partial charge in [0.25, 0.3) is 0 Å². The minimum atomic E-state index is 0.162. The van der Waals surface area contributed by atoms with Gasteiger partial charge in [-0.3, -0.25) is 4.79 Å². The molecule has 0 aromatic heterocycles. The molecule has 0 atom stereocenters. The van der Waals surface area contributed by atoms with E-state index in [1.807, 2.05) is 17.1 Å². The summed E-state index contributed by atoms with van der Waals surface area (Å²) in [6.45, 7) is 4.09. The second-order valence-electron chi connectivity index (χ2n) is 5.72. The van der Waals surface area contributed by atoms with Crippen LogP contribution in [0.4, 0.5) is 0 Å². The molecule has 0 spiro atoms. The molecular weight excluding hydrogens is 258 g/mol. The summed E-state index contributed by atoms with van der Waals surface area (Å²) in [7, 11) is 0. The third kappa shape index (κ3) is 9.28. The van der Waals surface area contributed by atoms with Crippen molar-refractivity contribution < 1.29 is 4.79 Å². The molecule has 0 saturated carbocycles. The van der Waals surface area contributed by atoms with Gasteiger partial charge in [0.2, 0.25) is 5.91 Å². The zero-order valence-corrected chi connectivity index (χ0v) is 13.6. The standard InChI is InChI=1S/C19H31NO/c1-2-3-4-5-6-7-8-9-10-11-13-16-19(21)20-17-14-12-15-18-20/h6-7,10-11,13,16H,2-5,8-9,12,14-15,17-18H2,1H3. The molecule has 0 N–H and O–H groups in total. The zero-order chi connectivity index (χ0) is 15.2. The van der Waals surface area contributed by atoms with Crippen LogP contribution in [0.25, 0.3) is 0 Å². The molecule has 118 valence electrons. The Morgan fingerprint density at radius 1 is 0.905 bits per heavy atom. The highest BCUT2D eigenvalue weighted by Crippen LogP contribution is 2.09. The number of amides is 1. The molecule has 1 rings (SSSR count). The summed E-state index contributed by atoms with van der Waals surface area (Å²) >= 11 is 0. The van der Waals surface area contributed by atoms with Crippen LogP contribution in [-0.2, 0) is 4.79 Å². The van der Waals surface area contributed by atoms with Crippen LogP contribution >= 0.6 is 0 Å². The lowest BCUT2D eigenvalue weighted by molar-refractivity contribution is -0.126. The lowest BCUT2D eigenvalue weighted by Gasteiger charge is -2.25. The molecule has 2 nitrogen and oxygen atoms in total. The summed E-state index contributed by atoms with van der Waals surface area (Å²) in [6, 6.07) is 0. The molecule has 1 heterocycles. The van der Waals surface area contributed by atoms with Gasteiger partial charge in [-0.05, 0) is 44.9 Å². The average Bonchev–Trinajstić information content (AvgIpc) is 2.53. The van der Waals surface area contributed by atoms with E-state index in [0.29, 0.717) is 0 Å². The molecule has 0 aromatic carbocycles. The molecule has 1 aliphatic rings. The van der Waals surface area contributed by atoms with Crippen molar-refractivity contribution in [2.75, 3.05) is 13.1 Å². The first-order valence-corrected chi connectivity index (χ1v) is 8.61. The van der Waals surface area contributed by atoms with Crippen LogP contribution in [0.5, 0.6) is 0 Å². The van der Waals surface area contributed by atoms with Crippen molar-refractivity contribution >= 4 is 5.91 Å². The Labute approximate surface area is 130 Å². The van der Waals surface area contributed by atoms with Gasteiger partial charge in [0.15, 0.2) is 0 Å².